The van der Waals surface area contributed by atoms with Gasteiger partial charge in [0.2, 0.25) is 0 Å². The average Bonchev–Trinajstić information content (AvgIpc) is 2.52. The second-order valence-electron chi connectivity index (χ2n) is 4.62. The van der Waals surface area contributed by atoms with Gasteiger partial charge in [0.1, 0.15) is 17.1 Å². The zero-order valence-electron chi connectivity index (χ0n) is 11.7. The van der Waals surface area contributed by atoms with Gasteiger partial charge < -0.3 is 9.72 Å². The molecule has 21 heavy (non-hydrogen) atoms. The summed E-state index contributed by atoms with van der Waals surface area (Å²) >= 11 is 5.26. The van der Waals surface area contributed by atoms with E-state index in [1.165, 1.54) is 0 Å². The Bertz CT molecular complexity index is 824. The number of benzene rings is 1. The second kappa shape index (κ2) is 6.11. The SMILES string of the molecule is CCOCc1nc(=S)cc(-c2cccc3ccncc23)[nH]1. The first-order valence-corrected chi connectivity index (χ1v) is 7.20. The van der Waals surface area contributed by atoms with Crippen LogP contribution in [-0.2, 0) is 11.3 Å². The molecule has 4 nitrogen and oxygen atoms in total. The highest BCUT2D eigenvalue weighted by molar-refractivity contribution is 7.71. The summed E-state index contributed by atoms with van der Waals surface area (Å²) in [6, 6.07) is 10.0. The fourth-order valence-corrected chi connectivity index (χ4v) is 2.50. The molecular weight excluding hydrogens is 282 g/mol. The van der Waals surface area contributed by atoms with E-state index in [1.54, 1.807) is 6.20 Å². The van der Waals surface area contributed by atoms with E-state index >= 15 is 0 Å². The Morgan fingerprint density at radius 1 is 1.29 bits per heavy atom. The lowest BCUT2D eigenvalue weighted by atomic mass is 10.0. The monoisotopic (exact) mass is 297 g/mol. The molecule has 3 aromatic rings. The van der Waals surface area contributed by atoms with Crippen LogP contribution in [0.15, 0.2) is 42.7 Å². The number of aromatic nitrogens is 3. The van der Waals surface area contributed by atoms with Crippen LogP contribution in [0.5, 0.6) is 0 Å². The van der Waals surface area contributed by atoms with E-state index in [-0.39, 0.29) is 0 Å². The van der Waals surface area contributed by atoms with E-state index in [4.69, 9.17) is 17.0 Å². The van der Waals surface area contributed by atoms with E-state index in [2.05, 4.69) is 27.1 Å². The van der Waals surface area contributed by atoms with Crippen molar-refractivity contribution in [2.45, 2.75) is 13.5 Å². The van der Waals surface area contributed by atoms with Crippen LogP contribution in [0, 0.1) is 4.64 Å². The van der Waals surface area contributed by atoms with Crippen LogP contribution in [0.3, 0.4) is 0 Å². The smallest absolute Gasteiger partial charge is 0.134 e. The maximum atomic E-state index is 5.40. The summed E-state index contributed by atoms with van der Waals surface area (Å²) in [6.45, 7) is 3.02. The van der Waals surface area contributed by atoms with Gasteiger partial charge in [-0.3, -0.25) is 4.98 Å². The Kier molecular flexibility index (Phi) is 4.03. The maximum Gasteiger partial charge on any atom is 0.134 e. The van der Waals surface area contributed by atoms with Gasteiger partial charge in [-0.15, -0.1) is 0 Å². The van der Waals surface area contributed by atoms with Crippen LogP contribution < -0.4 is 0 Å². The largest absolute Gasteiger partial charge is 0.374 e. The highest BCUT2D eigenvalue weighted by atomic mass is 32.1. The number of ether oxygens (including phenoxy) is 1. The van der Waals surface area contributed by atoms with Gasteiger partial charge >= 0.3 is 0 Å². The summed E-state index contributed by atoms with van der Waals surface area (Å²) in [4.78, 5) is 11.8. The number of hydrogen-bond donors (Lipinski definition) is 1. The summed E-state index contributed by atoms with van der Waals surface area (Å²) in [7, 11) is 0. The summed E-state index contributed by atoms with van der Waals surface area (Å²) in [5, 5.41) is 2.23. The molecule has 1 N–H and O–H groups in total. The fourth-order valence-electron chi connectivity index (χ4n) is 2.27. The molecule has 0 unspecified atom stereocenters. The Hall–Kier alpha value is -2.11. The topological polar surface area (TPSA) is 50.8 Å². The first-order valence-electron chi connectivity index (χ1n) is 6.79. The highest BCUT2D eigenvalue weighted by Crippen LogP contribution is 2.26. The molecule has 106 valence electrons. The lowest BCUT2D eigenvalue weighted by Gasteiger charge is -2.09. The minimum absolute atomic E-state index is 0.428. The summed E-state index contributed by atoms with van der Waals surface area (Å²) in [5.41, 5.74) is 2.00. The van der Waals surface area contributed by atoms with Crippen LogP contribution in [0.2, 0.25) is 0 Å². The molecule has 0 aliphatic heterocycles. The molecule has 5 heteroatoms. The number of nitrogens with one attached hydrogen (secondary N) is 1. The number of hydrogen-bond acceptors (Lipinski definition) is 4. The van der Waals surface area contributed by atoms with Crippen LogP contribution >= 0.6 is 12.2 Å². The van der Waals surface area contributed by atoms with Crippen LogP contribution in [0.25, 0.3) is 22.0 Å². The molecule has 0 amide bonds. The molecular formula is C16H15N3OS. The summed E-state index contributed by atoms with van der Waals surface area (Å²) in [6.07, 6.45) is 3.66. The fraction of sp³-hybridized carbons (Fsp3) is 0.188. The maximum absolute atomic E-state index is 5.40. The zero-order valence-corrected chi connectivity index (χ0v) is 12.5. The van der Waals surface area contributed by atoms with Gasteiger partial charge in [0.25, 0.3) is 0 Å². The van der Waals surface area contributed by atoms with Crippen molar-refractivity contribution in [2.24, 2.45) is 0 Å². The van der Waals surface area contributed by atoms with Crippen molar-refractivity contribution in [3.63, 3.8) is 0 Å². The molecule has 3 rings (SSSR count). The van der Waals surface area contributed by atoms with Crippen LogP contribution in [-0.4, -0.2) is 21.6 Å². The summed E-state index contributed by atoms with van der Waals surface area (Å²) in [5.74, 6) is 0.736. The number of H-pyrrole nitrogens is 1. The number of pyridine rings is 1. The minimum Gasteiger partial charge on any atom is -0.374 e. The van der Waals surface area contributed by atoms with Gasteiger partial charge in [-0.25, -0.2) is 4.98 Å². The number of fused-ring (bicyclic) bond motifs is 1. The first-order chi connectivity index (χ1) is 10.3. The van der Waals surface area contributed by atoms with Crippen molar-refractivity contribution in [1.82, 2.24) is 15.0 Å². The van der Waals surface area contributed by atoms with Gasteiger partial charge in [0.05, 0.1) is 5.69 Å². The van der Waals surface area contributed by atoms with Crippen molar-refractivity contribution >= 4 is 23.0 Å². The highest BCUT2D eigenvalue weighted by Gasteiger charge is 2.06. The van der Waals surface area contributed by atoms with E-state index < -0.39 is 0 Å². The molecule has 2 heterocycles. The van der Waals surface area contributed by atoms with E-state index in [9.17, 15) is 0 Å². The third-order valence-electron chi connectivity index (χ3n) is 3.21. The third kappa shape index (κ3) is 2.99. The van der Waals surface area contributed by atoms with E-state index in [0.717, 1.165) is 27.9 Å². The standard InChI is InChI=1S/C16H15N3OS/c1-2-20-10-15-18-14(8-16(21)19-15)12-5-3-4-11-6-7-17-9-13(11)12/h3-9H,2,10H2,1H3,(H,18,19,21). The molecule has 0 bridgehead atoms. The predicted octanol–water partition coefficient (Wildman–Crippen LogP) is 3.89. The number of nitrogens with zero attached hydrogens (tertiary/aromatic N) is 2. The second-order valence-corrected chi connectivity index (χ2v) is 5.04. The Morgan fingerprint density at radius 3 is 3.05 bits per heavy atom. The van der Waals surface area contributed by atoms with Crippen LogP contribution in [0.4, 0.5) is 0 Å². The molecule has 1 aromatic carbocycles. The molecule has 0 saturated heterocycles. The van der Waals surface area contributed by atoms with Crippen molar-refractivity contribution in [3.8, 4) is 11.3 Å². The van der Waals surface area contributed by atoms with Crippen molar-refractivity contribution in [2.75, 3.05) is 6.61 Å². The van der Waals surface area contributed by atoms with Gasteiger partial charge in [-0.1, -0.05) is 30.4 Å². The lowest BCUT2D eigenvalue weighted by Crippen LogP contribution is -2.00. The summed E-state index contributed by atoms with van der Waals surface area (Å²) < 4.78 is 5.96. The molecule has 2 aromatic heterocycles. The number of aromatic amines is 1. The Balaban J connectivity index is 2.14. The minimum atomic E-state index is 0.428. The molecule has 0 atom stereocenters. The molecule has 0 saturated carbocycles. The number of rotatable bonds is 4. The van der Waals surface area contributed by atoms with Crippen molar-refractivity contribution < 1.29 is 4.74 Å². The molecule has 0 spiro atoms. The third-order valence-corrected chi connectivity index (χ3v) is 3.42. The predicted molar refractivity (Wildman–Crippen MR) is 85.5 cm³/mol. The molecule has 0 aliphatic rings. The van der Waals surface area contributed by atoms with Crippen molar-refractivity contribution in [3.05, 3.63) is 53.2 Å². The Labute approximate surface area is 127 Å². The van der Waals surface area contributed by atoms with E-state index in [1.807, 2.05) is 31.3 Å². The van der Waals surface area contributed by atoms with Crippen molar-refractivity contribution in [1.29, 1.82) is 0 Å². The molecule has 0 aliphatic carbocycles. The zero-order chi connectivity index (χ0) is 14.7. The van der Waals surface area contributed by atoms with Gasteiger partial charge in [0, 0.05) is 30.0 Å². The van der Waals surface area contributed by atoms with Gasteiger partial charge in [-0.05, 0) is 24.4 Å². The molecule has 0 fully saturated rings. The molecule has 0 radical (unpaired) electrons. The van der Waals surface area contributed by atoms with E-state index in [0.29, 0.717) is 17.9 Å². The van der Waals surface area contributed by atoms with Crippen LogP contribution in [0.1, 0.15) is 12.7 Å². The quantitative estimate of drug-likeness (QED) is 0.742. The average molecular weight is 297 g/mol. The lowest BCUT2D eigenvalue weighted by molar-refractivity contribution is 0.128. The first kappa shape index (κ1) is 13.9. The normalized spacial score (nSPS) is 10.9. The van der Waals surface area contributed by atoms with Gasteiger partial charge in [0.15, 0.2) is 0 Å². The van der Waals surface area contributed by atoms with Gasteiger partial charge in [-0.2, -0.15) is 0 Å². The Morgan fingerprint density at radius 2 is 2.19 bits per heavy atom.